The normalized spacial score (nSPS) is 21.0. The Labute approximate surface area is 139 Å². The number of urea groups is 1. The van der Waals surface area contributed by atoms with Gasteiger partial charge in [-0.15, -0.1) is 0 Å². The van der Waals surface area contributed by atoms with Crippen molar-refractivity contribution in [2.24, 2.45) is 5.92 Å². The molecule has 2 fully saturated rings. The van der Waals surface area contributed by atoms with Crippen LogP contribution in [0.15, 0.2) is 24.3 Å². The van der Waals surface area contributed by atoms with E-state index in [0.29, 0.717) is 44.2 Å². The van der Waals surface area contributed by atoms with Gasteiger partial charge in [0.05, 0.1) is 19.3 Å². The molecule has 1 saturated heterocycles. The number of amides is 2. The van der Waals surface area contributed by atoms with E-state index < -0.39 is 6.61 Å². The molecular formula is C17H22F2N2O3. The molecule has 1 aromatic carbocycles. The van der Waals surface area contributed by atoms with Gasteiger partial charge in [0.1, 0.15) is 5.75 Å². The Kier molecular flexibility index (Phi) is 5.50. The van der Waals surface area contributed by atoms with Crippen LogP contribution in [-0.2, 0) is 11.2 Å². The number of ether oxygens (including phenoxy) is 2. The van der Waals surface area contributed by atoms with Crippen molar-refractivity contribution in [2.45, 2.75) is 31.9 Å². The molecule has 0 bridgehead atoms. The lowest BCUT2D eigenvalue weighted by Crippen LogP contribution is -2.53. The van der Waals surface area contributed by atoms with Crippen LogP contribution in [0.1, 0.15) is 18.4 Å². The lowest BCUT2D eigenvalue weighted by atomic mass is 10.1. The van der Waals surface area contributed by atoms with E-state index in [1.165, 1.54) is 6.07 Å². The van der Waals surface area contributed by atoms with Crippen molar-refractivity contribution in [1.29, 1.82) is 0 Å². The van der Waals surface area contributed by atoms with Crippen LogP contribution in [0.3, 0.4) is 0 Å². The summed E-state index contributed by atoms with van der Waals surface area (Å²) in [6.07, 6.45) is 2.74. The Morgan fingerprint density at radius 1 is 1.38 bits per heavy atom. The molecule has 1 aliphatic carbocycles. The molecule has 1 saturated carbocycles. The number of alkyl halides is 2. The third-order valence-corrected chi connectivity index (χ3v) is 4.45. The molecule has 0 aromatic heterocycles. The Bertz CT molecular complexity index is 567. The summed E-state index contributed by atoms with van der Waals surface area (Å²) in [5, 5.41) is 2.88. The molecule has 0 radical (unpaired) electrons. The van der Waals surface area contributed by atoms with Crippen LogP contribution in [0.2, 0.25) is 0 Å². The molecule has 0 spiro atoms. The molecule has 5 nitrogen and oxygen atoms in total. The molecule has 1 atom stereocenters. The van der Waals surface area contributed by atoms with Crippen molar-refractivity contribution in [3.63, 3.8) is 0 Å². The maximum Gasteiger partial charge on any atom is 0.387 e. The summed E-state index contributed by atoms with van der Waals surface area (Å²) >= 11 is 0. The number of hydrogen-bond acceptors (Lipinski definition) is 3. The highest BCUT2D eigenvalue weighted by atomic mass is 19.3. The van der Waals surface area contributed by atoms with Crippen molar-refractivity contribution < 1.29 is 23.0 Å². The summed E-state index contributed by atoms with van der Waals surface area (Å²) in [7, 11) is 0. The van der Waals surface area contributed by atoms with Gasteiger partial charge in [-0.1, -0.05) is 18.2 Å². The Morgan fingerprint density at radius 3 is 2.92 bits per heavy atom. The summed E-state index contributed by atoms with van der Waals surface area (Å²) in [6.45, 7) is -0.728. The smallest absolute Gasteiger partial charge is 0.387 e. The van der Waals surface area contributed by atoms with Gasteiger partial charge >= 0.3 is 12.6 Å². The predicted molar refractivity (Wildman–Crippen MR) is 84.2 cm³/mol. The number of halogens is 2. The maximum atomic E-state index is 12.4. The van der Waals surface area contributed by atoms with Gasteiger partial charge in [0.2, 0.25) is 0 Å². The van der Waals surface area contributed by atoms with E-state index in [1.807, 2.05) is 4.90 Å². The highest BCUT2D eigenvalue weighted by Gasteiger charge is 2.39. The molecular weight excluding hydrogens is 318 g/mol. The van der Waals surface area contributed by atoms with Crippen molar-refractivity contribution >= 4 is 6.03 Å². The minimum Gasteiger partial charge on any atom is -0.435 e. The van der Waals surface area contributed by atoms with Gasteiger partial charge in [-0.05, 0) is 36.8 Å². The number of hydrogen-bond donors (Lipinski definition) is 1. The number of nitrogens with one attached hydrogen (secondary N) is 1. The first-order valence-corrected chi connectivity index (χ1v) is 8.30. The minimum absolute atomic E-state index is 0.109. The standard InChI is InChI=1S/C17H22F2N2O3/c18-16(19)24-15-4-2-1-3-13(15)7-8-20-17(22)21-9-10-23-11-14(21)12-5-6-12/h1-4,12,14,16H,5-11H2,(H,20,22)/t14-/m1/s1. The van der Waals surface area contributed by atoms with E-state index in [1.54, 1.807) is 18.2 Å². The van der Waals surface area contributed by atoms with Crippen molar-refractivity contribution in [3.05, 3.63) is 29.8 Å². The number of rotatable bonds is 6. The number of morpholine rings is 1. The van der Waals surface area contributed by atoms with Gasteiger partial charge < -0.3 is 19.7 Å². The van der Waals surface area contributed by atoms with E-state index in [9.17, 15) is 13.6 Å². The Hall–Kier alpha value is -1.89. The molecule has 2 aliphatic rings. The zero-order valence-electron chi connectivity index (χ0n) is 13.4. The molecule has 0 unspecified atom stereocenters. The molecule has 1 heterocycles. The largest absolute Gasteiger partial charge is 0.435 e. The first-order chi connectivity index (χ1) is 11.6. The number of benzene rings is 1. The summed E-state index contributed by atoms with van der Waals surface area (Å²) in [6, 6.07) is 6.70. The first-order valence-electron chi connectivity index (χ1n) is 8.30. The van der Waals surface area contributed by atoms with E-state index >= 15 is 0 Å². The molecule has 1 aromatic rings. The van der Waals surface area contributed by atoms with Crippen LogP contribution >= 0.6 is 0 Å². The zero-order valence-corrected chi connectivity index (χ0v) is 13.4. The van der Waals surface area contributed by atoms with Crippen LogP contribution < -0.4 is 10.1 Å². The first kappa shape index (κ1) is 17.0. The average molecular weight is 340 g/mol. The van der Waals surface area contributed by atoms with Gasteiger partial charge in [-0.25, -0.2) is 4.79 Å². The SMILES string of the molecule is O=C(NCCc1ccccc1OC(F)F)N1CCOC[C@@H]1C1CC1. The number of para-hydroxylation sites is 1. The summed E-state index contributed by atoms with van der Waals surface area (Å²) in [4.78, 5) is 14.3. The summed E-state index contributed by atoms with van der Waals surface area (Å²) in [5.74, 6) is 0.709. The highest BCUT2D eigenvalue weighted by Crippen LogP contribution is 2.36. The Morgan fingerprint density at radius 2 is 2.17 bits per heavy atom. The van der Waals surface area contributed by atoms with E-state index in [2.05, 4.69) is 10.1 Å². The number of nitrogens with zero attached hydrogens (tertiary/aromatic N) is 1. The fraction of sp³-hybridized carbons (Fsp3) is 0.588. The minimum atomic E-state index is -2.85. The van der Waals surface area contributed by atoms with Gasteiger partial charge in [0.15, 0.2) is 0 Å². The third kappa shape index (κ3) is 4.35. The lowest BCUT2D eigenvalue weighted by Gasteiger charge is -2.35. The van der Waals surface area contributed by atoms with Crippen molar-refractivity contribution in [2.75, 3.05) is 26.3 Å². The fourth-order valence-electron chi connectivity index (χ4n) is 3.07. The van der Waals surface area contributed by atoms with Crippen molar-refractivity contribution in [1.82, 2.24) is 10.2 Å². The van der Waals surface area contributed by atoms with Gasteiger partial charge in [-0.3, -0.25) is 0 Å². The molecule has 24 heavy (non-hydrogen) atoms. The summed E-state index contributed by atoms with van der Waals surface area (Å²) in [5.41, 5.74) is 0.652. The van der Waals surface area contributed by atoms with E-state index in [-0.39, 0.29) is 17.8 Å². The van der Waals surface area contributed by atoms with Crippen LogP contribution in [0.4, 0.5) is 13.6 Å². The van der Waals surface area contributed by atoms with Gasteiger partial charge in [0.25, 0.3) is 0 Å². The molecule has 2 amide bonds. The van der Waals surface area contributed by atoms with E-state index in [0.717, 1.165) is 12.8 Å². The molecule has 1 N–H and O–H groups in total. The van der Waals surface area contributed by atoms with Crippen LogP contribution in [0.25, 0.3) is 0 Å². The fourth-order valence-corrected chi connectivity index (χ4v) is 3.07. The quantitative estimate of drug-likeness (QED) is 0.866. The predicted octanol–water partition coefficient (Wildman–Crippen LogP) is 2.65. The second-order valence-electron chi connectivity index (χ2n) is 6.14. The van der Waals surface area contributed by atoms with Gasteiger partial charge in [0, 0.05) is 13.1 Å². The second-order valence-corrected chi connectivity index (χ2v) is 6.14. The van der Waals surface area contributed by atoms with Crippen LogP contribution in [0.5, 0.6) is 5.75 Å². The lowest BCUT2D eigenvalue weighted by molar-refractivity contribution is -0.0504. The molecule has 7 heteroatoms. The third-order valence-electron chi connectivity index (χ3n) is 4.45. The molecule has 1 aliphatic heterocycles. The monoisotopic (exact) mass is 340 g/mol. The number of carbonyl (C=O) groups excluding carboxylic acids is 1. The average Bonchev–Trinajstić information content (AvgIpc) is 3.41. The van der Waals surface area contributed by atoms with E-state index in [4.69, 9.17) is 4.74 Å². The van der Waals surface area contributed by atoms with Crippen LogP contribution in [0, 0.1) is 5.92 Å². The maximum absolute atomic E-state index is 12.4. The Balaban J connectivity index is 1.51. The van der Waals surface area contributed by atoms with Crippen molar-refractivity contribution in [3.8, 4) is 5.75 Å². The summed E-state index contributed by atoms with van der Waals surface area (Å²) < 4.78 is 34.8. The number of carbonyl (C=O) groups is 1. The molecule has 3 rings (SSSR count). The highest BCUT2D eigenvalue weighted by molar-refractivity contribution is 5.74. The zero-order chi connectivity index (χ0) is 16.9. The molecule has 132 valence electrons. The second kappa shape index (κ2) is 7.79. The topological polar surface area (TPSA) is 50.8 Å². The van der Waals surface area contributed by atoms with Crippen LogP contribution in [-0.4, -0.2) is 49.9 Å². The van der Waals surface area contributed by atoms with Gasteiger partial charge in [-0.2, -0.15) is 8.78 Å².